The van der Waals surface area contributed by atoms with Crippen LogP contribution in [0.1, 0.15) is 26.2 Å². The minimum absolute atomic E-state index is 0.214. The Kier molecular flexibility index (Phi) is 4.80. The first-order valence-electron chi connectivity index (χ1n) is 7.08. The fourth-order valence-electron chi connectivity index (χ4n) is 2.25. The molecule has 21 heavy (non-hydrogen) atoms. The summed E-state index contributed by atoms with van der Waals surface area (Å²) in [5, 5.41) is 0.667. The molecule has 0 aliphatic carbocycles. The predicted octanol–water partition coefficient (Wildman–Crippen LogP) is 2.63. The number of pyridine rings is 1. The van der Waals surface area contributed by atoms with Gasteiger partial charge in [0.05, 0.1) is 5.52 Å². The van der Waals surface area contributed by atoms with Crippen LogP contribution in [0, 0.1) is 0 Å². The molecule has 0 atom stereocenters. The van der Waals surface area contributed by atoms with E-state index < -0.39 is 10.0 Å². The third-order valence-electron chi connectivity index (χ3n) is 3.53. The van der Waals surface area contributed by atoms with Crippen LogP contribution in [-0.4, -0.2) is 31.3 Å². The Bertz CT molecular complexity index is 729. The Morgan fingerprint density at radius 3 is 2.71 bits per heavy atom. The van der Waals surface area contributed by atoms with Crippen LogP contribution in [0.25, 0.3) is 10.9 Å². The Hall–Kier alpha value is -1.66. The lowest BCUT2D eigenvalue weighted by molar-refractivity contribution is 0.455. The van der Waals surface area contributed by atoms with Gasteiger partial charge in [0.1, 0.15) is 4.90 Å². The summed E-state index contributed by atoms with van der Waals surface area (Å²) in [5.74, 6) is 0. The van der Waals surface area contributed by atoms with E-state index in [2.05, 4.69) is 11.9 Å². The van der Waals surface area contributed by atoms with Crippen molar-refractivity contribution in [1.29, 1.82) is 0 Å². The number of nitrogen functional groups attached to an aromatic ring is 1. The van der Waals surface area contributed by atoms with Crippen LogP contribution in [0.15, 0.2) is 35.4 Å². The number of fused-ring (bicyclic) bond motifs is 1. The van der Waals surface area contributed by atoms with E-state index >= 15 is 0 Å². The third-order valence-corrected chi connectivity index (χ3v) is 5.42. The van der Waals surface area contributed by atoms with E-state index in [0.717, 1.165) is 19.3 Å². The first-order valence-corrected chi connectivity index (χ1v) is 8.52. The highest BCUT2D eigenvalue weighted by Gasteiger charge is 2.23. The Labute approximate surface area is 125 Å². The number of anilines is 1. The second kappa shape index (κ2) is 6.41. The van der Waals surface area contributed by atoms with E-state index in [9.17, 15) is 8.42 Å². The summed E-state index contributed by atoms with van der Waals surface area (Å²) in [5.41, 5.74) is 6.86. The zero-order chi connectivity index (χ0) is 15.5. The van der Waals surface area contributed by atoms with Gasteiger partial charge in [-0.3, -0.25) is 4.98 Å². The number of aromatic nitrogens is 1. The number of hydrogen-bond acceptors (Lipinski definition) is 4. The van der Waals surface area contributed by atoms with Gasteiger partial charge in [-0.2, -0.15) is 0 Å². The van der Waals surface area contributed by atoms with E-state index in [-0.39, 0.29) is 4.90 Å². The molecule has 2 rings (SSSR count). The van der Waals surface area contributed by atoms with Gasteiger partial charge in [0, 0.05) is 30.9 Å². The Morgan fingerprint density at radius 1 is 1.24 bits per heavy atom. The molecule has 0 radical (unpaired) electrons. The lowest BCUT2D eigenvalue weighted by atomic mass is 10.2. The molecule has 0 amide bonds. The van der Waals surface area contributed by atoms with Gasteiger partial charge in [-0.25, -0.2) is 12.7 Å². The topological polar surface area (TPSA) is 76.3 Å². The van der Waals surface area contributed by atoms with Gasteiger partial charge in [-0.15, -0.1) is 0 Å². The molecule has 6 heteroatoms. The summed E-state index contributed by atoms with van der Waals surface area (Å²) in [6.45, 7) is 2.60. The van der Waals surface area contributed by atoms with E-state index in [0.29, 0.717) is 23.1 Å². The largest absolute Gasteiger partial charge is 0.398 e. The van der Waals surface area contributed by atoms with Crippen LogP contribution >= 0.6 is 0 Å². The fraction of sp³-hybridized carbons (Fsp3) is 0.400. The maximum absolute atomic E-state index is 12.7. The smallest absolute Gasteiger partial charge is 0.244 e. The van der Waals surface area contributed by atoms with Crippen LogP contribution in [0.3, 0.4) is 0 Å². The molecule has 0 spiro atoms. The molecule has 1 aromatic heterocycles. The predicted molar refractivity (Wildman–Crippen MR) is 85.5 cm³/mol. The molecular weight excluding hydrogens is 286 g/mol. The molecule has 1 aromatic carbocycles. The summed E-state index contributed by atoms with van der Waals surface area (Å²) in [6.07, 6.45) is 4.51. The number of benzene rings is 1. The van der Waals surface area contributed by atoms with Crippen molar-refractivity contribution in [2.75, 3.05) is 19.3 Å². The van der Waals surface area contributed by atoms with Gasteiger partial charge < -0.3 is 5.73 Å². The van der Waals surface area contributed by atoms with Crippen LogP contribution in [-0.2, 0) is 10.0 Å². The van der Waals surface area contributed by atoms with Crippen molar-refractivity contribution in [2.24, 2.45) is 0 Å². The van der Waals surface area contributed by atoms with Gasteiger partial charge in [0.2, 0.25) is 10.0 Å². The summed E-state index contributed by atoms with van der Waals surface area (Å²) in [4.78, 5) is 4.42. The number of sulfonamides is 1. The summed E-state index contributed by atoms with van der Waals surface area (Å²) >= 11 is 0. The summed E-state index contributed by atoms with van der Waals surface area (Å²) in [7, 11) is -1.94. The highest BCUT2D eigenvalue weighted by molar-refractivity contribution is 7.89. The molecule has 0 bridgehead atoms. The molecule has 0 aliphatic rings. The number of rotatable bonds is 6. The van der Waals surface area contributed by atoms with Crippen molar-refractivity contribution < 1.29 is 8.42 Å². The molecule has 0 aliphatic heterocycles. The minimum Gasteiger partial charge on any atom is -0.398 e. The summed E-state index contributed by atoms with van der Waals surface area (Å²) < 4.78 is 26.8. The number of nitrogens with two attached hydrogens (primary N) is 1. The normalized spacial score (nSPS) is 12.1. The molecule has 2 N–H and O–H groups in total. The molecule has 5 nitrogen and oxygen atoms in total. The zero-order valence-electron chi connectivity index (χ0n) is 12.4. The van der Waals surface area contributed by atoms with Crippen molar-refractivity contribution in [3.05, 3.63) is 30.5 Å². The van der Waals surface area contributed by atoms with Crippen LogP contribution in [0.5, 0.6) is 0 Å². The molecule has 114 valence electrons. The van der Waals surface area contributed by atoms with Gasteiger partial charge in [0.15, 0.2) is 0 Å². The SMILES string of the molecule is CCCCCN(C)S(=O)(=O)c1ccc(N)c2cccnc12. The minimum atomic E-state index is -3.55. The van der Waals surface area contributed by atoms with Crippen LogP contribution in [0.2, 0.25) is 0 Å². The lowest BCUT2D eigenvalue weighted by Crippen LogP contribution is -2.28. The number of nitrogens with zero attached hydrogens (tertiary/aromatic N) is 2. The molecule has 0 fully saturated rings. The first kappa shape index (κ1) is 15.7. The van der Waals surface area contributed by atoms with E-state index in [1.54, 1.807) is 31.4 Å². The first-order chi connectivity index (χ1) is 9.98. The van der Waals surface area contributed by atoms with Gasteiger partial charge >= 0.3 is 0 Å². The Balaban J connectivity index is 2.43. The molecule has 0 saturated heterocycles. The van der Waals surface area contributed by atoms with Gasteiger partial charge in [-0.05, 0) is 30.7 Å². The Morgan fingerprint density at radius 2 is 2.00 bits per heavy atom. The van der Waals surface area contributed by atoms with Gasteiger partial charge in [0.25, 0.3) is 0 Å². The highest BCUT2D eigenvalue weighted by Crippen LogP contribution is 2.27. The molecular formula is C15H21N3O2S. The van der Waals surface area contributed by atoms with Gasteiger partial charge in [-0.1, -0.05) is 19.8 Å². The van der Waals surface area contributed by atoms with Crippen molar-refractivity contribution in [1.82, 2.24) is 9.29 Å². The highest BCUT2D eigenvalue weighted by atomic mass is 32.2. The average molecular weight is 307 g/mol. The standard InChI is InChI=1S/C15H21N3O2S/c1-3-4-5-11-18(2)21(19,20)14-9-8-13(16)12-7-6-10-17-15(12)14/h6-10H,3-5,11,16H2,1-2H3. The second-order valence-corrected chi connectivity index (χ2v) is 7.10. The molecule has 0 unspecified atom stereocenters. The third kappa shape index (κ3) is 3.16. The second-order valence-electron chi connectivity index (χ2n) is 5.09. The number of hydrogen-bond donors (Lipinski definition) is 1. The quantitative estimate of drug-likeness (QED) is 0.657. The van der Waals surface area contributed by atoms with Crippen molar-refractivity contribution in [3.8, 4) is 0 Å². The van der Waals surface area contributed by atoms with Crippen LogP contribution in [0.4, 0.5) is 5.69 Å². The monoisotopic (exact) mass is 307 g/mol. The molecule has 2 aromatic rings. The molecule has 1 heterocycles. The molecule has 0 saturated carbocycles. The fourth-order valence-corrected chi connectivity index (χ4v) is 3.60. The average Bonchev–Trinajstić information content (AvgIpc) is 2.47. The van der Waals surface area contributed by atoms with E-state index in [1.807, 2.05) is 0 Å². The maximum Gasteiger partial charge on any atom is 0.244 e. The summed E-state index contributed by atoms with van der Waals surface area (Å²) in [6, 6.07) is 6.70. The lowest BCUT2D eigenvalue weighted by Gasteiger charge is -2.18. The number of unbranched alkanes of at least 4 members (excludes halogenated alkanes) is 2. The zero-order valence-corrected chi connectivity index (χ0v) is 13.2. The van der Waals surface area contributed by atoms with E-state index in [4.69, 9.17) is 5.73 Å². The van der Waals surface area contributed by atoms with Crippen LogP contribution < -0.4 is 5.73 Å². The van der Waals surface area contributed by atoms with Crippen molar-refractivity contribution >= 4 is 26.6 Å². The van der Waals surface area contributed by atoms with E-state index in [1.165, 1.54) is 10.4 Å². The van der Waals surface area contributed by atoms with Crippen molar-refractivity contribution in [3.63, 3.8) is 0 Å². The van der Waals surface area contributed by atoms with Crippen molar-refractivity contribution in [2.45, 2.75) is 31.1 Å². The maximum atomic E-state index is 12.7.